The number of aromatic hydroxyl groups is 1. The van der Waals surface area contributed by atoms with Gasteiger partial charge in [0.2, 0.25) is 5.91 Å². The van der Waals surface area contributed by atoms with Crippen molar-refractivity contribution in [2.45, 2.75) is 6.42 Å². The van der Waals surface area contributed by atoms with Crippen LogP contribution in [-0.4, -0.2) is 22.1 Å². The molecule has 1 atom stereocenters. The summed E-state index contributed by atoms with van der Waals surface area (Å²) in [5, 5.41) is 27.7. The number of hydrogen-bond acceptors (Lipinski definition) is 5. The number of hydrogen-bond donors (Lipinski definition) is 5. The lowest BCUT2D eigenvalue weighted by Crippen LogP contribution is -2.99. The van der Waals surface area contributed by atoms with Gasteiger partial charge in [0.05, 0.1) is 6.42 Å². The third kappa shape index (κ3) is 4.78. The molecule has 8 heteroatoms. The first kappa shape index (κ1) is 16.4. The van der Waals surface area contributed by atoms with E-state index < -0.39 is 17.0 Å². The summed E-state index contributed by atoms with van der Waals surface area (Å²) in [6, 6.07) is 11.5. The van der Waals surface area contributed by atoms with Crippen LogP contribution in [0, 0.1) is 5.21 Å². The van der Waals surface area contributed by atoms with Gasteiger partial charge in [0.15, 0.2) is 5.69 Å². The molecule has 1 unspecified atom stereocenters. The summed E-state index contributed by atoms with van der Waals surface area (Å²) in [5.74, 6) is -0.963. The molecule has 2 rings (SSSR count). The fourth-order valence-corrected chi connectivity index (χ4v) is 1.86. The Balaban J connectivity index is 1.87. The summed E-state index contributed by atoms with van der Waals surface area (Å²) in [7, 11) is 0. The smallest absolute Gasteiger partial charge is 0.269 e. The Bertz CT molecular complexity index is 701. The van der Waals surface area contributed by atoms with E-state index in [1.165, 1.54) is 36.4 Å². The first-order valence-electron chi connectivity index (χ1n) is 6.66. The van der Waals surface area contributed by atoms with Crippen molar-refractivity contribution in [3.8, 4) is 5.75 Å². The maximum absolute atomic E-state index is 11.8. The molecule has 0 radical (unpaired) electrons. The minimum atomic E-state index is -1.09. The molecule has 23 heavy (non-hydrogen) atoms. The van der Waals surface area contributed by atoms with Gasteiger partial charge in [-0.05, 0) is 29.8 Å². The maximum atomic E-state index is 11.8. The largest absolute Gasteiger partial charge is 0.595 e. The number of phenols is 1. The molecule has 0 spiro atoms. The predicted octanol–water partition coefficient (Wildman–Crippen LogP) is -0.201. The molecule has 0 aliphatic heterocycles. The van der Waals surface area contributed by atoms with Crippen molar-refractivity contribution in [2.24, 2.45) is 0 Å². The molecule has 0 aliphatic carbocycles. The van der Waals surface area contributed by atoms with E-state index in [2.05, 4.69) is 10.9 Å². The Morgan fingerprint density at radius 3 is 2.39 bits per heavy atom. The zero-order valence-corrected chi connectivity index (χ0v) is 11.9. The summed E-state index contributed by atoms with van der Waals surface area (Å²) in [5.41, 5.74) is 5.36. The van der Waals surface area contributed by atoms with Gasteiger partial charge in [-0.2, -0.15) is 5.23 Å². The van der Waals surface area contributed by atoms with Crippen LogP contribution in [0.4, 0.5) is 5.69 Å². The van der Waals surface area contributed by atoms with Crippen LogP contribution in [0.15, 0.2) is 48.5 Å². The van der Waals surface area contributed by atoms with E-state index in [-0.39, 0.29) is 23.4 Å². The van der Waals surface area contributed by atoms with Gasteiger partial charge in [-0.15, -0.1) is 0 Å². The molecule has 8 nitrogen and oxygen atoms in total. The first-order chi connectivity index (χ1) is 11.0. The van der Waals surface area contributed by atoms with E-state index in [1.807, 2.05) is 0 Å². The minimum Gasteiger partial charge on any atom is -0.595 e. The van der Waals surface area contributed by atoms with Gasteiger partial charge in [0.25, 0.3) is 5.91 Å². The van der Waals surface area contributed by atoms with Gasteiger partial charge in [0.1, 0.15) is 5.75 Å². The quantitative estimate of drug-likeness (QED) is 0.499. The average Bonchev–Trinajstić information content (AvgIpc) is 2.52. The molecule has 120 valence electrons. The Hall–Kier alpha value is -2.94. The zero-order chi connectivity index (χ0) is 16.8. The van der Waals surface area contributed by atoms with Crippen molar-refractivity contribution in [1.29, 1.82) is 0 Å². The highest BCUT2D eigenvalue weighted by atomic mass is 16.8. The fourth-order valence-electron chi connectivity index (χ4n) is 1.86. The van der Waals surface area contributed by atoms with E-state index in [9.17, 15) is 19.9 Å². The van der Waals surface area contributed by atoms with E-state index >= 15 is 0 Å². The van der Waals surface area contributed by atoms with Crippen molar-refractivity contribution >= 4 is 17.5 Å². The molecule has 0 saturated carbocycles. The SMILES string of the molecule is O=C(Cc1cccc(O)c1)NNC(=O)c1ccc([NH+]([O-])O)cc1. The molecule has 2 amide bonds. The number of amides is 2. The van der Waals surface area contributed by atoms with Gasteiger partial charge in [0, 0.05) is 17.7 Å². The number of carbonyl (C=O) groups is 2. The van der Waals surface area contributed by atoms with Crippen molar-refractivity contribution in [3.63, 3.8) is 0 Å². The second-order valence-corrected chi connectivity index (χ2v) is 4.73. The Labute approximate surface area is 131 Å². The average molecular weight is 317 g/mol. The number of rotatable bonds is 4. The predicted molar refractivity (Wildman–Crippen MR) is 79.6 cm³/mol. The van der Waals surface area contributed by atoms with Crippen LogP contribution in [0.1, 0.15) is 15.9 Å². The second-order valence-electron chi connectivity index (χ2n) is 4.73. The number of benzene rings is 2. The van der Waals surface area contributed by atoms with Gasteiger partial charge in [-0.25, -0.2) is 5.21 Å². The minimum absolute atomic E-state index is 0.00731. The molecular formula is C15H15N3O5. The second kappa shape index (κ2) is 7.36. The van der Waals surface area contributed by atoms with E-state index in [0.29, 0.717) is 5.56 Å². The molecule has 0 aliphatic rings. The van der Waals surface area contributed by atoms with Crippen LogP contribution in [-0.2, 0) is 11.2 Å². The van der Waals surface area contributed by atoms with Gasteiger partial charge >= 0.3 is 0 Å². The van der Waals surface area contributed by atoms with Gasteiger partial charge in [-0.3, -0.25) is 20.4 Å². The first-order valence-corrected chi connectivity index (χ1v) is 6.66. The molecule has 2 aromatic carbocycles. The number of carbonyl (C=O) groups excluding carboxylic acids is 2. The third-order valence-electron chi connectivity index (χ3n) is 2.98. The summed E-state index contributed by atoms with van der Waals surface area (Å²) in [6.07, 6.45) is -0.00731. The lowest BCUT2D eigenvalue weighted by Gasteiger charge is -2.12. The van der Waals surface area contributed by atoms with Crippen LogP contribution < -0.4 is 16.1 Å². The van der Waals surface area contributed by atoms with Crippen LogP contribution in [0.2, 0.25) is 0 Å². The van der Waals surface area contributed by atoms with Crippen molar-refractivity contribution in [2.75, 3.05) is 0 Å². The maximum Gasteiger partial charge on any atom is 0.269 e. The number of hydrazine groups is 1. The number of quaternary nitrogens is 1. The molecule has 0 heterocycles. The molecule has 0 bridgehead atoms. The summed E-state index contributed by atoms with van der Waals surface area (Å²) >= 11 is 0. The van der Waals surface area contributed by atoms with Crippen molar-refractivity contribution in [1.82, 2.24) is 10.9 Å². The van der Waals surface area contributed by atoms with Gasteiger partial charge in [-0.1, -0.05) is 12.1 Å². The van der Waals surface area contributed by atoms with Crippen molar-refractivity contribution < 1.29 is 25.1 Å². The van der Waals surface area contributed by atoms with E-state index in [1.54, 1.807) is 12.1 Å². The monoisotopic (exact) mass is 317 g/mol. The lowest BCUT2D eigenvalue weighted by atomic mass is 10.1. The summed E-state index contributed by atoms with van der Waals surface area (Å²) < 4.78 is 0. The Morgan fingerprint density at radius 1 is 1.09 bits per heavy atom. The molecule has 2 aromatic rings. The summed E-state index contributed by atoms with van der Waals surface area (Å²) in [4.78, 5) is 23.5. The normalized spacial score (nSPS) is 11.6. The highest BCUT2D eigenvalue weighted by Crippen LogP contribution is 2.11. The fraction of sp³-hybridized carbons (Fsp3) is 0.0667. The van der Waals surface area contributed by atoms with E-state index in [4.69, 9.17) is 5.21 Å². The standard InChI is InChI=1S/C15H15N3O5/c19-13-3-1-2-10(8-13)9-14(20)16-17-15(21)11-4-6-12(7-5-11)18(22)23/h1-8,18-19,22H,9H2,(H,16,20)(H,17,21). The number of nitrogens with one attached hydrogen (secondary N) is 3. The Kier molecular flexibility index (Phi) is 5.26. The van der Waals surface area contributed by atoms with Crippen LogP contribution in [0.3, 0.4) is 0 Å². The van der Waals surface area contributed by atoms with Gasteiger partial charge < -0.3 is 10.3 Å². The molecule has 0 aromatic heterocycles. The Morgan fingerprint density at radius 2 is 1.78 bits per heavy atom. The molecule has 5 N–H and O–H groups in total. The topological polar surface area (TPSA) is 126 Å². The third-order valence-corrected chi connectivity index (χ3v) is 2.98. The highest BCUT2D eigenvalue weighted by Gasteiger charge is 2.09. The van der Waals surface area contributed by atoms with E-state index in [0.717, 1.165) is 0 Å². The van der Waals surface area contributed by atoms with Crippen LogP contribution in [0.25, 0.3) is 0 Å². The van der Waals surface area contributed by atoms with Crippen LogP contribution in [0.5, 0.6) is 5.75 Å². The van der Waals surface area contributed by atoms with Crippen molar-refractivity contribution in [3.05, 3.63) is 64.9 Å². The van der Waals surface area contributed by atoms with Crippen LogP contribution >= 0.6 is 0 Å². The lowest BCUT2D eigenvalue weighted by molar-refractivity contribution is -0.991. The summed E-state index contributed by atoms with van der Waals surface area (Å²) in [6.45, 7) is 0. The molecule has 0 fully saturated rings. The zero-order valence-electron chi connectivity index (χ0n) is 11.9. The molecule has 0 saturated heterocycles. The highest BCUT2D eigenvalue weighted by molar-refractivity contribution is 5.95. The number of phenolic OH excluding ortho intramolecular Hbond substituents is 1. The molecular weight excluding hydrogens is 302 g/mol.